The van der Waals surface area contributed by atoms with Crippen LogP contribution in [0.5, 0.6) is 0 Å². The zero-order valence-electron chi connectivity index (χ0n) is 12.3. The van der Waals surface area contributed by atoms with Crippen LogP contribution in [0.1, 0.15) is 15.9 Å². The summed E-state index contributed by atoms with van der Waals surface area (Å²) in [6, 6.07) is 10.6. The summed E-state index contributed by atoms with van der Waals surface area (Å²) < 4.78 is 0. The molecule has 3 N–H and O–H groups in total. The van der Waals surface area contributed by atoms with E-state index in [2.05, 4.69) is 5.32 Å². The number of nitrogens with zero attached hydrogens (tertiary/aromatic N) is 1. The van der Waals surface area contributed by atoms with Gasteiger partial charge in [0, 0.05) is 31.0 Å². The van der Waals surface area contributed by atoms with Crippen molar-refractivity contribution in [2.75, 3.05) is 30.0 Å². The maximum absolute atomic E-state index is 12.2. The predicted octanol–water partition coefficient (Wildman–Crippen LogP) is 3.55. The maximum atomic E-state index is 12.2. The molecule has 0 heterocycles. The molecule has 0 bridgehead atoms. The molecule has 1 amide bonds. The second kappa shape index (κ2) is 6.06. The Hall–Kier alpha value is -2.20. The molecule has 0 aliphatic heterocycles. The van der Waals surface area contributed by atoms with E-state index >= 15 is 0 Å². The van der Waals surface area contributed by atoms with Gasteiger partial charge >= 0.3 is 0 Å². The molecular formula is C16H18ClN3O. The highest BCUT2D eigenvalue weighted by atomic mass is 35.5. The lowest BCUT2D eigenvalue weighted by molar-refractivity contribution is 0.102. The molecule has 21 heavy (non-hydrogen) atoms. The molecule has 0 unspecified atom stereocenters. The van der Waals surface area contributed by atoms with Crippen molar-refractivity contribution in [1.29, 1.82) is 0 Å². The molecule has 0 atom stereocenters. The van der Waals surface area contributed by atoms with E-state index in [0.29, 0.717) is 22.0 Å². The molecule has 0 radical (unpaired) electrons. The van der Waals surface area contributed by atoms with Gasteiger partial charge in [0.15, 0.2) is 0 Å². The highest BCUT2D eigenvalue weighted by Crippen LogP contribution is 2.27. The minimum atomic E-state index is -0.213. The smallest absolute Gasteiger partial charge is 0.255 e. The van der Waals surface area contributed by atoms with Crippen molar-refractivity contribution in [3.05, 3.63) is 52.5 Å². The van der Waals surface area contributed by atoms with E-state index in [1.807, 2.05) is 44.1 Å². The number of carbonyl (C=O) groups is 1. The summed E-state index contributed by atoms with van der Waals surface area (Å²) in [5, 5.41) is 3.40. The summed E-state index contributed by atoms with van der Waals surface area (Å²) in [7, 11) is 3.82. The van der Waals surface area contributed by atoms with Gasteiger partial charge in [0.2, 0.25) is 0 Å². The standard InChI is InChI=1S/C16H18ClN3O/c1-10-4-5-11(8-14(10)18)16(21)19-12-6-7-15(20(2)3)13(17)9-12/h4-9H,18H2,1-3H3,(H,19,21). The Labute approximate surface area is 129 Å². The first kappa shape index (κ1) is 15.2. The molecule has 0 aromatic heterocycles. The van der Waals surface area contributed by atoms with Gasteiger partial charge in [-0.2, -0.15) is 0 Å². The molecule has 5 heteroatoms. The molecule has 4 nitrogen and oxygen atoms in total. The number of nitrogens with one attached hydrogen (secondary N) is 1. The van der Waals surface area contributed by atoms with Crippen molar-refractivity contribution in [3.8, 4) is 0 Å². The highest BCUT2D eigenvalue weighted by Gasteiger charge is 2.09. The zero-order chi connectivity index (χ0) is 15.6. The number of benzene rings is 2. The Bertz CT molecular complexity index is 683. The van der Waals surface area contributed by atoms with Crippen molar-refractivity contribution in [3.63, 3.8) is 0 Å². The normalized spacial score (nSPS) is 10.3. The summed E-state index contributed by atoms with van der Waals surface area (Å²) in [5.74, 6) is -0.213. The summed E-state index contributed by atoms with van der Waals surface area (Å²) in [6.07, 6.45) is 0. The lowest BCUT2D eigenvalue weighted by Crippen LogP contribution is -2.13. The fourth-order valence-corrected chi connectivity index (χ4v) is 2.28. The molecule has 0 saturated carbocycles. The average Bonchev–Trinajstić information content (AvgIpc) is 2.41. The van der Waals surface area contributed by atoms with E-state index in [4.69, 9.17) is 17.3 Å². The Morgan fingerprint density at radius 1 is 1.19 bits per heavy atom. The number of rotatable bonds is 3. The van der Waals surface area contributed by atoms with Crippen LogP contribution in [0, 0.1) is 6.92 Å². The second-order valence-electron chi connectivity index (χ2n) is 5.09. The van der Waals surface area contributed by atoms with Crippen LogP contribution in [-0.4, -0.2) is 20.0 Å². The maximum Gasteiger partial charge on any atom is 0.255 e. The van der Waals surface area contributed by atoms with Gasteiger partial charge < -0.3 is 16.0 Å². The van der Waals surface area contributed by atoms with Crippen molar-refractivity contribution < 1.29 is 4.79 Å². The van der Waals surface area contributed by atoms with Gasteiger partial charge in [-0.3, -0.25) is 4.79 Å². The third kappa shape index (κ3) is 3.47. The third-order valence-corrected chi connectivity index (χ3v) is 3.53. The Kier molecular flexibility index (Phi) is 4.38. The predicted molar refractivity (Wildman–Crippen MR) is 89.3 cm³/mol. The Morgan fingerprint density at radius 2 is 1.90 bits per heavy atom. The van der Waals surface area contributed by atoms with E-state index in [0.717, 1.165) is 11.3 Å². The largest absolute Gasteiger partial charge is 0.398 e. The number of hydrogen-bond acceptors (Lipinski definition) is 3. The monoisotopic (exact) mass is 303 g/mol. The van der Waals surface area contributed by atoms with Crippen LogP contribution in [0.4, 0.5) is 17.1 Å². The van der Waals surface area contributed by atoms with Crippen molar-refractivity contribution in [2.45, 2.75) is 6.92 Å². The van der Waals surface area contributed by atoms with Gasteiger partial charge in [-0.25, -0.2) is 0 Å². The number of anilines is 3. The van der Waals surface area contributed by atoms with Crippen molar-refractivity contribution in [2.24, 2.45) is 0 Å². The van der Waals surface area contributed by atoms with E-state index in [1.165, 1.54) is 0 Å². The first-order valence-corrected chi connectivity index (χ1v) is 6.90. The number of nitrogen functional groups attached to an aromatic ring is 1. The number of amides is 1. The molecule has 110 valence electrons. The molecular weight excluding hydrogens is 286 g/mol. The lowest BCUT2D eigenvalue weighted by atomic mass is 10.1. The molecule has 2 rings (SSSR count). The molecule has 0 fully saturated rings. The fourth-order valence-electron chi connectivity index (χ4n) is 1.93. The summed E-state index contributed by atoms with van der Waals surface area (Å²) in [4.78, 5) is 14.1. The number of aryl methyl sites for hydroxylation is 1. The van der Waals surface area contributed by atoms with Gasteiger partial charge in [-0.1, -0.05) is 17.7 Å². The van der Waals surface area contributed by atoms with Gasteiger partial charge in [0.1, 0.15) is 0 Å². The van der Waals surface area contributed by atoms with E-state index < -0.39 is 0 Å². The minimum Gasteiger partial charge on any atom is -0.398 e. The number of carbonyl (C=O) groups excluding carboxylic acids is 1. The zero-order valence-corrected chi connectivity index (χ0v) is 13.0. The summed E-state index contributed by atoms with van der Waals surface area (Å²) in [6.45, 7) is 1.90. The van der Waals surface area contributed by atoms with Crippen LogP contribution in [0.3, 0.4) is 0 Å². The van der Waals surface area contributed by atoms with Gasteiger partial charge in [0.25, 0.3) is 5.91 Å². The van der Waals surface area contributed by atoms with Gasteiger partial charge in [-0.05, 0) is 42.8 Å². The molecule has 2 aromatic carbocycles. The second-order valence-corrected chi connectivity index (χ2v) is 5.49. The summed E-state index contributed by atoms with van der Waals surface area (Å²) >= 11 is 6.19. The Balaban J connectivity index is 2.19. The minimum absolute atomic E-state index is 0.213. The number of hydrogen-bond donors (Lipinski definition) is 2. The quantitative estimate of drug-likeness (QED) is 0.853. The number of halogens is 1. The van der Waals surface area contributed by atoms with Crippen LogP contribution in [0.2, 0.25) is 5.02 Å². The lowest BCUT2D eigenvalue weighted by Gasteiger charge is -2.15. The van der Waals surface area contributed by atoms with Gasteiger partial charge in [0.05, 0.1) is 10.7 Å². The topological polar surface area (TPSA) is 58.4 Å². The highest BCUT2D eigenvalue weighted by molar-refractivity contribution is 6.33. The first-order chi connectivity index (χ1) is 9.88. The van der Waals surface area contributed by atoms with E-state index in [1.54, 1.807) is 18.2 Å². The molecule has 0 spiro atoms. The Morgan fingerprint density at radius 3 is 2.48 bits per heavy atom. The van der Waals surface area contributed by atoms with Gasteiger partial charge in [-0.15, -0.1) is 0 Å². The molecule has 0 aliphatic carbocycles. The van der Waals surface area contributed by atoms with Crippen molar-refractivity contribution in [1.82, 2.24) is 0 Å². The van der Waals surface area contributed by atoms with Crippen LogP contribution < -0.4 is 16.0 Å². The SMILES string of the molecule is Cc1ccc(C(=O)Nc2ccc(N(C)C)c(Cl)c2)cc1N. The number of nitrogens with two attached hydrogens (primary N) is 1. The van der Waals surface area contributed by atoms with Crippen LogP contribution in [-0.2, 0) is 0 Å². The van der Waals surface area contributed by atoms with Crippen molar-refractivity contribution >= 4 is 34.6 Å². The van der Waals surface area contributed by atoms with Crippen LogP contribution >= 0.6 is 11.6 Å². The average molecular weight is 304 g/mol. The molecule has 2 aromatic rings. The first-order valence-electron chi connectivity index (χ1n) is 6.53. The van der Waals surface area contributed by atoms with E-state index in [-0.39, 0.29) is 5.91 Å². The summed E-state index contributed by atoms with van der Waals surface area (Å²) in [5.41, 5.74) is 9.44. The van der Waals surface area contributed by atoms with E-state index in [9.17, 15) is 4.79 Å². The van der Waals surface area contributed by atoms with Crippen LogP contribution in [0.25, 0.3) is 0 Å². The molecule has 0 saturated heterocycles. The van der Waals surface area contributed by atoms with Crippen LogP contribution in [0.15, 0.2) is 36.4 Å². The third-order valence-electron chi connectivity index (χ3n) is 3.23. The molecule has 0 aliphatic rings. The fraction of sp³-hybridized carbons (Fsp3) is 0.188.